The molecule has 1 saturated carbocycles. The quantitative estimate of drug-likeness (QED) is 0.840. The third-order valence-electron chi connectivity index (χ3n) is 3.46. The van der Waals surface area contributed by atoms with Gasteiger partial charge < -0.3 is 5.32 Å². The van der Waals surface area contributed by atoms with Crippen LogP contribution in [0, 0.1) is 5.92 Å². The fourth-order valence-electron chi connectivity index (χ4n) is 2.35. The molecule has 2 aliphatic rings. The molecule has 1 aromatic rings. The number of fused-ring (bicyclic) bond motifs is 1. The van der Waals surface area contributed by atoms with Gasteiger partial charge in [-0.15, -0.1) is 0 Å². The van der Waals surface area contributed by atoms with Crippen LogP contribution in [-0.2, 0) is 5.54 Å². The zero-order chi connectivity index (χ0) is 10.6. The van der Waals surface area contributed by atoms with Crippen LogP contribution in [0.25, 0.3) is 0 Å². The van der Waals surface area contributed by atoms with Crippen LogP contribution in [0.5, 0.6) is 0 Å². The highest BCUT2D eigenvalue weighted by atomic mass is 79.9. The van der Waals surface area contributed by atoms with E-state index >= 15 is 0 Å². The number of nitrogens with zero attached hydrogens (tertiary/aromatic N) is 2. The lowest BCUT2D eigenvalue weighted by Gasteiger charge is -2.35. The smallest absolute Gasteiger partial charge is 0.269 e. The fraction of sp³-hybridized carbons (Fsp3) is 0.600. The molecule has 3 rings (SSSR count). The van der Waals surface area contributed by atoms with Gasteiger partial charge in [0, 0.05) is 12.6 Å². The summed E-state index contributed by atoms with van der Waals surface area (Å²) in [5.41, 5.74) is 0.637. The van der Waals surface area contributed by atoms with Crippen molar-refractivity contribution >= 4 is 21.8 Å². The highest BCUT2D eigenvalue weighted by Gasteiger charge is 2.47. The van der Waals surface area contributed by atoms with Gasteiger partial charge in [-0.05, 0) is 41.6 Å². The zero-order valence-corrected chi connectivity index (χ0v) is 10.0. The highest BCUT2D eigenvalue weighted by molar-refractivity contribution is 9.10. The molecule has 15 heavy (non-hydrogen) atoms. The molecule has 1 aliphatic heterocycles. The Bertz CT molecular complexity index is 438. The Kier molecular flexibility index (Phi) is 1.78. The Hall–Kier alpha value is -0.840. The number of rotatable bonds is 1. The van der Waals surface area contributed by atoms with Crippen LogP contribution < -0.4 is 5.32 Å². The molecule has 1 unspecified atom stereocenters. The van der Waals surface area contributed by atoms with Gasteiger partial charge in [-0.3, -0.25) is 9.48 Å². The fourth-order valence-corrected chi connectivity index (χ4v) is 2.73. The van der Waals surface area contributed by atoms with Crippen molar-refractivity contribution in [2.24, 2.45) is 5.92 Å². The maximum Gasteiger partial charge on any atom is 0.269 e. The van der Waals surface area contributed by atoms with Gasteiger partial charge >= 0.3 is 0 Å². The summed E-state index contributed by atoms with van der Waals surface area (Å²) in [6, 6.07) is 1.79. The third kappa shape index (κ3) is 1.25. The summed E-state index contributed by atoms with van der Waals surface area (Å²) in [5.74, 6) is 0.634. The summed E-state index contributed by atoms with van der Waals surface area (Å²) in [6.45, 7) is 2.87. The Balaban J connectivity index is 2.14. The molecule has 5 heteroatoms. The van der Waals surface area contributed by atoms with Crippen LogP contribution >= 0.6 is 15.9 Å². The Morgan fingerprint density at radius 1 is 1.67 bits per heavy atom. The topological polar surface area (TPSA) is 46.9 Å². The zero-order valence-electron chi connectivity index (χ0n) is 8.46. The summed E-state index contributed by atoms with van der Waals surface area (Å²) >= 11 is 3.33. The van der Waals surface area contributed by atoms with Gasteiger partial charge in [-0.25, -0.2) is 0 Å². The first-order valence-electron chi connectivity index (χ1n) is 5.15. The van der Waals surface area contributed by atoms with E-state index in [0.717, 1.165) is 4.60 Å². The molecule has 4 nitrogen and oxygen atoms in total. The molecule has 1 fully saturated rings. The number of carbonyl (C=O) groups excluding carboxylic acids is 1. The van der Waals surface area contributed by atoms with E-state index < -0.39 is 0 Å². The van der Waals surface area contributed by atoms with E-state index in [4.69, 9.17) is 0 Å². The van der Waals surface area contributed by atoms with Crippen molar-refractivity contribution in [3.8, 4) is 0 Å². The minimum absolute atomic E-state index is 0.0219. The minimum atomic E-state index is -0.0325. The Morgan fingerprint density at radius 2 is 2.40 bits per heavy atom. The molecule has 0 aromatic carbocycles. The van der Waals surface area contributed by atoms with Crippen molar-refractivity contribution in [2.75, 3.05) is 6.54 Å². The molecule has 1 atom stereocenters. The molecule has 1 amide bonds. The number of carbonyl (C=O) groups is 1. The summed E-state index contributed by atoms with van der Waals surface area (Å²) in [6.07, 6.45) is 2.48. The Morgan fingerprint density at radius 3 is 3.07 bits per heavy atom. The van der Waals surface area contributed by atoms with Gasteiger partial charge in [0.1, 0.15) is 10.3 Å². The van der Waals surface area contributed by atoms with Gasteiger partial charge in [0.05, 0.1) is 5.54 Å². The number of hydrogen-bond acceptors (Lipinski definition) is 2. The molecule has 1 N–H and O–H groups in total. The average Bonchev–Trinajstić information content (AvgIpc) is 2.96. The van der Waals surface area contributed by atoms with E-state index in [1.807, 2.05) is 4.68 Å². The van der Waals surface area contributed by atoms with Gasteiger partial charge in [-0.1, -0.05) is 0 Å². The van der Waals surface area contributed by atoms with E-state index in [0.29, 0.717) is 18.2 Å². The summed E-state index contributed by atoms with van der Waals surface area (Å²) in [4.78, 5) is 11.6. The van der Waals surface area contributed by atoms with E-state index in [2.05, 4.69) is 33.3 Å². The molecule has 0 radical (unpaired) electrons. The van der Waals surface area contributed by atoms with Crippen LogP contribution in [0.1, 0.15) is 30.3 Å². The maximum absolute atomic E-state index is 11.6. The molecular weight excluding hydrogens is 258 g/mol. The van der Waals surface area contributed by atoms with Gasteiger partial charge in [0.15, 0.2) is 0 Å². The molecule has 0 saturated heterocycles. The highest BCUT2D eigenvalue weighted by Crippen LogP contribution is 2.45. The van der Waals surface area contributed by atoms with Crippen molar-refractivity contribution in [1.29, 1.82) is 0 Å². The van der Waals surface area contributed by atoms with Crippen LogP contribution in [0.4, 0.5) is 0 Å². The normalized spacial score (nSPS) is 29.9. The lowest BCUT2D eigenvalue weighted by molar-refractivity contribution is 0.0848. The average molecular weight is 270 g/mol. The van der Waals surface area contributed by atoms with Crippen molar-refractivity contribution in [3.05, 3.63) is 16.4 Å². The van der Waals surface area contributed by atoms with Crippen LogP contribution in [0.2, 0.25) is 0 Å². The predicted molar refractivity (Wildman–Crippen MR) is 58.6 cm³/mol. The molecule has 2 heterocycles. The van der Waals surface area contributed by atoms with Crippen molar-refractivity contribution in [1.82, 2.24) is 15.1 Å². The first kappa shape index (κ1) is 9.39. The molecular formula is C10H12BrN3O. The number of hydrogen-bond donors (Lipinski definition) is 1. The van der Waals surface area contributed by atoms with Gasteiger partial charge in [0.25, 0.3) is 5.91 Å². The molecule has 80 valence electrons. The van der Waals surface area contributed by atoms with Crippen molar-refractivity contribution in [2.45, 2.75) is 25.3 Å². The molecule has 0 bridgehead atoms. The van der Waals surface area contributed by atoms with Gasteiger partial charge in [0.2, 0.25) is 0 Å². The number of amides is 1. The predicted octanol–water partition coefficient (Wildman–Crippen LogP) is 1.51. The molecule has 1 aliphatic carbocycles. The van der Waals surface area contributed by atoms with E-state index in [-0.39, 0.29) is 11.4 Å². The summed E-state index contributed by atoms with van der Waals surface area (Å²) < 4.78 is 2.63. The second-order valence-corrected chi connectivity index (χ2v) is 5.39. The Labute approximate surface area is 96.2 Å². The number of halogens is 1. The number of nitrogens with one attached hydrogen (secondary N) is 1. The summed E-state index contributed by atoms with van der Waals surface area (Å²) in [5, 5.41) is 7.33. The van der Waals surface area contributed by atoms with Crippen LogP contribution in [-0.4, -0.2) is 22.2 Å². The van der Waals surface area contributed by atoms with E-state index in [9.17, 15) is 4.79 Å². The SMILES string of the molecule is CC1(C2CC2)CNC(=O)c2cc(Br)nn21. The monoisotopic (exact) mass is 269 g/mol. The lowest BCUT2D eigenvalue weighted by atomic mass is 9.93. The third-order valence-corrected chi connectivity index (χ3v) is 3.85. The summed E-state index contributed by atoms with van der Waals surface area (Å²) in [7, 11) is 0. The van der Waals surface area contributed by atoms with E-state index in [1.165, 1.54) is 12.8 Å². The largest absolute Gasteiger partial charge is 0.348 e. The first-order chi connectivity index (χ1) is 7.11. The molecule has 1 aromatic heterocycles. The van der Waals surface area contributed by atoms with Gasteiger partial charge in [-0.2, -0.15) is 5.10 Å². The lowest BCUT2D eigenvalue weighted by Crippen LogP contribution is -2.51. The van der Waals surface area contributed by atoms with Crippen LogP contribution in [0.3, 0.4) is 0 Å². The van der Waals surface area contributed by atoms with E-state index in [1.54, 1.807) is 6.07 Å². The second kappa shape index (κ2) is 2.84. The maximum atomic E-state index is 11.6. The number of aromatic nitrogens is 2. The second-order valence-electron chi connectivity index (χ2n) is 4.58. The standard InChI is InChI=1S/C10H12BrN3O/c1-10(6-2-3-6)5-12-9(15)7-4-8(11)13-14(7)10/h4,6H,2-3,5H2,1H3,(H,12,15). The van der Waals surface area contributed by atoms with Crippen molar-refractivity contribution in [3.63, 3.8) is 0 Å². The first-order valence-corrected chi connectivity index (χ1v) is 5.95. The molecule has 0 spiro atoms. The minimum Gasteiger partial charge on any atom is -0.348 e. The van der Waals surface area contributed by atoms with Crippen molar-refractivity contribution < 1.29 is 4.79 Å². The van der Waals surface area contributed by atoms with Crippen LogP contribution in [0.15, 0.2) is 10.7 Å².